The first-order chi connectivity index (χ1) is 7.74. The van der Waals surface area contributed by atoms with Crippen LogP contribution in [0, 0.1) is 0 Å². The Balaban J connectivity index is 2.39. The molecule has 0 bridgehead atoms. The van der Waals surface area contributed by atoms with Crippen LogP contribution >= 0.6 is 15.9 Å². The van der Waals surface area contributed by atoms with Gasteiger partial charge in [-0.1, -0.05) is 22.0 Å². The van der Waals surface area contributed by atoms with E-state index in [4.69, 9.17) is 4.74 Å². The molecule has 0 aliphatic rings. The summed E-state index contributed by atoms with van der Waals surface area (Å²) in [5.74, 6) is -0.383. The normalized spacial score (nSPS) is 10.6. The number of hydrogen-bond donors (Lipinski definition) is 0. The van der Waals surface area contributed by atoms with Gasteiger partial charge in [-0.2, -0.15) is 0 Å². The topological polar surface area (TPSA) is 43.6 Å². The number of ether oxygens (including phenoxy) is 1. The summed E-state index contributed by atoms with van der Waals surface area (Å²) in [7, 11) is 0. The Morgan fingerprint density at radius 2 is 2.31 bits per heavy atom. The molecule has 0 saturated heterocycles. The van der Waals surface area contributed by atoms with E-state index >= 15 is 0 Å². The molecule has 0 spiro atoms. The number of halogens is 1. The Morgan fingerprint density at radius 3 is 3.00 bits per heavy atom. The zero-order valence-corrected chi connectivity index (χ0v) is 10.4. The van der Waals surface area contributed by atoms with Crippen LogP contribution in [-0.2, 0) is 10.1 Å². The average molecular weight is 283 g/mol. The van der Waals surface area contributed by atoms with Crippen LogP contribution in [0.2, 0.25) is 0 Å². The lowest BCUT2D eigenvalue weighted by molar-refractivity contribution is 0.0520. The molecule has 0 aliphatic heterocycles. The third-order valence-electron chi connectivity index (χ3n) is 2.15. The molecule has 5 heteroatoms. The van der Waals surface area contributed by atoms with Crippen molar-refractivity contribution in [3.05, 3.63) is 35.8 Å². The van der Waals surface area contributed by atoms with Crippen LogP contribution in [0.4, 0.5) is 0 Å². The third kappa shape index (κ3) is 2.09. The Bertz CT molecular complexity index is 522. The van der Waals surface area contributed by atoms with Crippen LogP contribution in [0.25, 0.3) is 5.65 Å². The van der Waals surface area contributed by atoms with Gasteiger partial charge in [-0.05, 0) is 18.6 Å². The zero-order chi connectivity index (χ0) is 11.5. The molecule has 84 valence electrons. The molecule has 0 amide bonds. The van der Waals surface area contributed by atoms with Crippen molar-refractivity contribution in [3.8, 4) is 0 Å². The lowest BCUT2D eigenvalue weighted by Crippen LogP contribution is -2.04. The highest BCUT2D eigenvalue weighted by Crippen LogP contribution is 2.10. The Hall–Kier alpha value is -1.36. The molecule has 16 heavy (non-hydrogen) atoms. The number of imidazole rings is 1. The second-order valence-electron chi connectivity index (χ2n) is 3.28. The number of carbonyl (C=O) groups is 1. The SMILES string of the molecule is CCOC(=O)c1cn2cc(CBr)ccc2n1. The number of rotatable bonds is 3. The first kappa shape index (κ1) is 11.1. The van der Waals surface area contributed by atoms with Crippen molar-refractivity contribution in [2.75, 3.05) is 6.61 Å². The largest absolute Gasteiger partial charge is 0.461 e. The van der Waals surface area contributed by atoms with Gasteiger partial charge in [0.1, 0.15) is 5.65 Å². The second kappa shape index (κ2) is 4.65. The second-order valence-corrected chi connectivity index (χ2v) is 3.84. The smallest absolute Gasteiger partial charge is 0.358 e. The van der Waals surface area contributed by atoms with E-state index in [1.807, 2.05) is 22.7 Å². The standard InChI is InChI=1S/C11H11BrN2O2/c1-2-16-11(15)9-7-14-6-8(5-12)3-4-10(14)13-9/h3-4,6-7H,2,5H2,1H3. The van der Waals surface area contributed by atoms with Crippen LogP contribution in [0.3, 0.4) is 0 Å². The summed E-state index contributed by atoms with van der Waals surface area (Å²) < 4.78 is 6.71. The maximum Gasteiger partial charge on any atom is 0.358 e. The monoisotopic (exact) mass is 282 g/mol. The van der Waals surface area contributed by atoms with E-state index in [1.54, 1.807) is 13.1 Å². The summed E-state index contributed by atoms with van der Waals surface area (Å²) in [5.41, 5.74) is 2.21. The van der Waals surface area contributed by atoms with E-state index < -0.39 is 0 Å². The maximum absolute atomic E-state index is 11.5. The van der Waals surface area contributed by atoms with Crippen molar-refractivity contribution < 1.29 is 9.53 Å². The number of nitrogens with zero attached hydrogens (tertiary/aromatic N) is 2. The molecule has 0 saturated carbocycles. The number of pyridine rings is 1. The average Bonchev–Trinajstić information content (AvgIpc) is 2.71. The summed E-state index contributed by atoms with van der Waals surface area (Å²) in [5, 5.41) is 0.774. The minimum Gasteiger partial charge on any atom is -0.461 e. The summed E-state index contributed by atoms with van der Waals surface area (Å²) >= 11 is 3.38. The van der Waals surface area contributed by atoms with Gasteiger partial charge in [0.25, 0.3) is 0 Å². The molecule has 0 N–H and O–H groups in total. The summed E-state index contributed by atoms with van der Waals surface area (Å²) in [6, 6.07) is 3.84. The van der Waals surface area contributed by atoms with Gasteiger partial charge in [0.05, 0.1) is 6.61 Å². The summed E-state index contributed by atoms with van der Waals surface area (Å²) in [4.78, 5) is 15.6. The Morgan fingerprint density at radius 1 is 1.50 bits per heavy atom. The van der Waals surface area contributed by atoms with E-state index in [2.05, 4.69) is 20.9 Å². The van der Waals surface area contributed by atoms with Crippen molar-refractivity contribution in [1.82, 2.24) is 9.38 Å². The fourth-order valence-electron chi connectivity index (χ4n) is 1.42. The molecule has 2 aromatic rings. The fourth-order valence-corrected chi connectivity index (χ4v) is 1.75. The highest BCUT2D eigenvalue weighted by Gasteiger charge is 2.11. The van der Waals surface area contributed by atoms with Gasteiger partial charge in [0, 0.05) is 17.7 Å². The third-order valence-corrected chi connectivity index (χ3v) is 2.80. The maximum atomic E-state index is 11.5. The van der Waals surface area contributed by atoms with E-state index in [0.29, 0.717) is 12.3 Å². The number of hydrogen-bond acceptors (Lipinski definition) is 3. The molecular formula is C11H11BrN2O2. The van der Waals surface area contributed by atoms with Gasteiger partial charge >= 0.3 is 5.97 Å². The minimum atomic E-state index is -0.383. The predicted octanol–water partition coefficient (Wildman–Crippen LogP) is 2.41. The van der Waals surface area contributed by atoms with Gasteiger partial charge < -0.3 is 9.14 Å². The highest BCUT2D eigenvalue weighted by atomic mass is 79.9. The zero-order valence-electron chi connectivity index (χ0n) is 8.81. The molecule has 0 radical (unpaired) electrons. The summed E-state index contributed by atoms with van der Waals surface area (Å²) in [6.45, 7) is 2.13. The number of carbonyl (C=O) groups excluding carboxylic acids is 1. The van der Waals surface area contributed by atoms with Crippen molar-refractivity contribution in [2.45, 2.75) is 12.3 Å². The van der Waals surface area contributed by atoms with E-state index in [9.17, 15) is 4.79 Å². The molecule has 2 rings (SSSR count). The summed E-state index contributed by atoms with van der Waals surface area (Å²) in [6.07, 6.45) is 3.61. The van der Waals surface area contributed by atoms with Gasteiger partial charge in [-0.15, -0.1) is 0 Å². The number of fused-ring (bicyclic) bond motifs is 1. The van der Waals surface area contributed by atoms with Gasteiger partial charge in [0.15, 0.2) is 5.69 Å². The predicted molar refractivity (Wildman–Crippen MR) is 63.8 cm³/mol. The fraction of sp³-hybridized carbons (Fsp3) is 0.273. The highest BCUT2D eigenvalue weighted by molar-refractivity contribution is 9.08. The van der Waals surface area contributed by atoms with Crippen molar-refractivity contribution in [1.29, 1.82) is 0 Å². The molecule has 0 aromatic carbocycles. The van der Waals surface area contributed by atoms with Crippen LogP contribution in [-0.4, -0.2) is 22.0 Å². The first-order valence-corrected chi connectivity index (χ1v) is 6.07. The van der Waals surface area contributed by atoms with Crippen molar-refractivity contribution >= 4 is 27.5 Å². The van der Waals surface area contributed by atoms with Gasteiger partial charge in [-0.3, -0.25) is 0 Å². The Labute approximate surface area is 101 Å². The van der Waals surface area contributed by atoms with E-state index in [0.717, 1.165) is 16.5 Å². The number of esters is 1. The lowest BCUT2D eigenvalue weighted by atomic mass is 10.3. The number of alkyl halides is 1. The molecule has 0 aliphatic carbocycles. The quantitative estimate of drug-likeness (QED) is 0.641. The molecule has 0 unspecified atom stereocenters. The molecule has 4 nitrogen and oxygen atoms in total. The van der Waals surface area contributed by atoms with Crippen molar-refractivity contribution in [2.24, 2.45) is 0 Å². The van der Waals surface area contributed by atoms with Crippen LogP contribution in [0.5, 0.6) is 0 Å². The van der Waals surface area contributed by atoms with Crippen molar-refractivity contribution in [3.63, 3.8) is 0 Å². The minimum absolute atomic E-state index is 0.341. The van der Waals surface area contributed by atoms with E-state index in [1.165, 1.54) is 0 Å². The first-order valence-electron chi connectivity index (χ1n) is 4.95. The molecule has 0 atom stereocenters. The molecule has 2 heterocycles. The van der Waals surface area contributed by atoms with Crippen LogP contribution in [0.15, 0.2) is 24.5 Å². The lowest BCUT2D eigenvalue weighted by Gasteiger charge is -1.96. The Kier molecular flexibility index (Phi) is 3.24. The molecular weight excluding hydrogens is 272 g/mol. The number of aromatic nitrogens is 2. The molecule has 2 aromatic heterocycles. The van der Waals surface area contributed by atoms with Gasteiger partial charge in [-0.25, -0.2) is 9.78 Å². The molecule has 0 fully saturated rings. The van der Waals surface area contributed by atoms with Crippen LogP contribution < -0.4 is 0 Å². The van der Waals surface area contributed by atoms with E-state index in [-0.39, 0.29) is 5.97 Å². The van der Waals surface area contributed by atoms with Gasteiger partial charge in [0.2, 0.25) is 0 Å². The van der Waals surface area contributed by atoms with Crippen LogP contribution in [0.1, 0.15) is 23.0 Å².